The highest BCUT2D eigenvalue weighted by molar-refractivity contribution is 6.30. The van der Waals surface area contributed by atoms with Crippen LogP contribution in [0.3, 0.4) is 0 Å². The number of halogens is 1. The monoisotopic (exact) mass is 582 g/mol. The molecule has 1 saturated heterocycles. The number of hydrogen-bond donors (Lipinski definition) is 4. The van der Waals surface area contributed by atoms with Crippen molar-refractivity contribution in [3.63, 3.8) is 0 Å². The largest absolute Gasteiger partial charge is 0.388 e. The maximum Gasteiger partial charge on any atom is 0.242 e. The fourth-order valence-corrected chi connectivity index (χ4v) is 4.63. The van der Waals surface area contributed by atoms with Gasteiger partial charge < -0.3 is 40.8 Å². The molecule has 1 heterocycles. The SMILES string of the molecule is CO[C@H]1[C@H](O)[C@@H](COCc2ccc(-c3ccccc3)cc2)OC(OCc2ccc(Cl)cc2)[C@@H]1NC(=O)CN=C(N)N. The van der Waals surface area contributed by atoms with Gasteiger partial charge in [-0.05, 0) is 34.4 Å². The lowest BCUT2D eigenvalue weighted by molar-refractivity contribution is -0.279. The Hall–Kier alpha value is -3.51. The molecule has 0 spiro atoms. The Labute approximate surface area is 244 Å². The molecule has 11 heteroatoms. The van der Waals surface area contributed by atoms with Gasteiger partial charge in [-0.15, -0.1) is 0 Å². The molecule has 1 unspecified atom stereocenters. The van der Waals surface area contributed by atoms with Gasteiger partial charge in [0.25, 0.3) is 0 Å². The maximum absolute atomic E-state index is 12.5. The number of nitrogens with one attached hydrogen (secondary N) is 1. The van der Waals surface area contributed by atoms with E-state index in [0.717, 1.165) is 22.3 Å². The molecule has 41 heavy (non-hydrogen) atoms. The third kappa shape index (κ3) is 8.74. The van der Waals surface area contributed by atoms with E-state index in [1.54, 1.807) is 12.1 Å². The van der Waals surface area contributed by atoms with Crippen molar-refractivity contribution in [2.24, 2.45) is 16.5 Å². The standard InChI is InChI=1S/C30H35ClN4O6/c1-38-28-26(35-25(36)15-34-30(32)33)29(40-17-20-9-13-23(31)14-10-20)41-24(27(28)37)18-39-16-19-7-11-22(12-8-19)21-5-3-2-4-6-21/h2-14,24,26-29,37H,15-18H2,1H3,(H,35,36)(H4,32,33,34)/t24-,26-,27-,28-,29?/m1/s1. The summed E-state index contributed by atoms with van der Waals surface area (Å²) in [7, 11) is 1.44. The van der Waals surface area contributed by atoms with Crippen molar-refractivity contribution in [2.45, 2.75) is 43.9 Å². The summed E-state index contributed by atoms with van der Waals surface area (Å²) in [6.07, 6.45) is -3.74. The summed E-state index contributed by atoms with van der Waals surface area (Å²) in [5.74, 6) is -0.708. The van der Waals surface area contributed by atoms with E-state index < -0.39 is 36.6 Å². The van der Waals surface area contributed by atoms with E-state index >= 15 is 0 Å². The van der Waals surface area contributed by atoms with Crippen LogP contribution in [-0.2, 0) is 37.0 Å². The molecule has 1 amide bonds. The van der Waals surface area contributed by atoms with E-state index in [4.69, 9.17) is 42.0 Å². The fraction of sp³-hybridized carbons (Fsp3) is 0.333. The van der Waals surface area contributed by atoms with Crippen molar-refractivity contribution in [1.29, 1.82) is 0 Å². The molecule has 3 aromatic rings. The Kier molecular flexibility index (Phi) is 11.1. The lowest BCUT2D eigenvalue weighted by Gasteiger charge is -2.44. The minimum Gasteiger partial charge on any atom is -0.388 e. The quantitative estimate of drug-likeness (QED) is 0.188. The summed E-state index contributed by atoms with van der Waals surface area (Å²) in [6, 6.07) is 24.5. The van der Waals surface area contributed by atoms with Crippen molar-refractivity contribution in [3.05, 3.63) is 95.0 Å². The Morgan fingerprint density at radius 1 is 0.976 bits per heavy atom. The van der Waals surface area contributed by atoms with E-state index in [-0.39, 0.29) is 25.7 Å². The van der Waals surface area contributed by atoms with Gasteiger partial charge >= 0.3 is 0 Å². The molecule has 1 fully saturated rings. The van der Waals surface area contributed by atoms with Gasteiger partial charge in [0, 0.05) is 12.1 Å². The maximum atomic E-state index is 12.5. The first-order valence-corrected chi connectivity index (χ1v) is 13.5. The number of aliphatic hydroxyl groups is 1. The summed E-state index contributed by atoms with van der Waals surface area (Å²) < 4.78 is 23.7. The first kappa shape index (κ1) is 30.4. The third-order valence-corrected chi connectivity index (χ3v) is 6.87. The van der Waals surface area contributed by atoms with Crippen molar-refractivity contribution in [1.82, 2.24) is 5.32 Å². The number of guanidine groups is 1. The van der Waals surface area contributed by atoms with Crippen LogP contribution in [0, 0.1) is 0 Å². The van der Waals surface area contributed by atoms with Crippen molar-refractivity contribution >= 4 is 23.5 Å². The topological polar surface area (TPSA) is 151 Å². The molecule has 6 N–H and O–H groups in total. The third-order valence-electron chi connectivity index (χ3n) is 6.62. The zero-order chi connectivity index (χ0) is 29.2. The average molecular weight is 583 g/mol. The predicted octanol–water partition coefficient (Wildman–Crippen LogP) is 2.60. The highest BCUT2D eigenvalue weighted by Gasteiger charge is 2.47. The van der Waals surface area contributed by atoms with E-state index in [2.05, 4.69) is 22.4 Å². The van der Waals surface area contributed by atoms with E-state index in [9.17, 15) is 9.90 Å². The molecule has 0 radical (unpaired) electrons. The van der Waals surface area contributed by atoms with Crippen molar-refractivity contribution in [3.8, 4) is 11.1 Å². The number of nitrogens with two attached hydrogens (primary N) is 2. The van der Waals surface area contributed by atoms with Gasteiger partial charge in [0.1, 0.15) is 30.9 Å². The van der Waals surface area contributed by atoms with Gasteiger partial charge in [-0.1, -0.05) is 78.3 Å². The molecule has 3 aromatic carbocycles. The number of aliphatic imine (C=N–C) groups is 1. The molecule has 0 bridgehead atoms. The van der Waals surface area contributed by atoms with Crippen molar-refractivity contribution < 1.29 is 28.8 Å². The molecular formula is C30H35ClN4O6. The smallest absolute Gasteiger partial charge is 0.242 e. The minimum absolute atomic E-state index is 0.0664. The number of carbonyl (C=O) groups is 1. The van der Waals surface area contributed by atoms with Gasteiger partial charge in [-0.2, -0.15) is 0 Å². The first-order chi connectivity index (χ1) is 19.8. The van der Waals surface area contributed by atoms with Crippen molar-refractivity contribution in [2.75, 3.05) is 20.3 Å². The highest BCUT2D eigenvalue weighted by atomic mass is 35.5. The second kappa shape index (κ2) is 14.9. The van der Waals surface area contributed by atoms with Crippen LogP contribution >= 0.6 is 11.6 Å². The molecule has 5 atom stereocenters. The molecule has 4 rings (SSSR count). The lowest BCUT2D eigenvalue weighted by atomic mass is 9.96. The van der Waals surface area contributed by atoms with Crippen LogP contribution in [0.5, 0.6) is 0 Å². The number of ether oxygens (including phenoxy) is 4. The number of benzene rings is 3. The second-order valence-electron chi connectivity index (χ2n) is 9.58. The van der Waals surface area contributed by atoms with Crippen LogP contribution in [0.1, 0.15) is 11.1 Å². The van der Waals surface area contributed by atoms with Gasteiger partial charge in [0.05, 0.1) is 19.8 Å². The van der Waals surface area contributed by atoms with Gasteiger partial charge in [-0.3, -0.25) is 4.79 Å². The minimum atomic E-state index is -1.12. The van der Waals surface area contributed by atoms with E-state index in [1.807, 2.05) is 54.6 Å². The van der Waals surface area contributed by atoms with Crippen LogP contribution in [0.15, 0.2) is 83.9 Å². The Bertz CT molecular complexity index is 1270. The van der Waals surface area contributed by atoms with Crippen LogP contribution in [0.25, 0.3) is 11.1 Å². The number of carbonyl (C=O) groups excluding carboxylic acids is 1. The first-order valence-electron chi connectivity index (χ1n) is 13.1. The number of hydrogen-bond acceptors (Lipinski definition) is 7. The molecule has 1 aliphatic rings. The Morgan fingerprint density at radius 3 is 2.27 bits per heavy atom. The summed E-state index contributed by atoms with van der Waals surface area (Å²) in [4.78, 5) is 16.3. The van der Waals surface area contributed by atoms with Crippen LogP contribution in [-0.4, -0.2) is 67.9 Å². The van der Waals surface area contributed by atoms with Crippen LogP contribution < -0.4 is 16.8 Å². The molecule has 0 saturated carbocycles. The lowest BCUT2D eigenvalue weighted by Crippen LogP contribution is -2.65. The molecule has 1 aliphatic heterocycles. The molecule has 10 nitrogen and oxygen atoms in total. The zero-order valence-corrected chi connectivity index (χ0v) is 23.4. The molecule has 0 aromatic heterocycles. The number of aliphatic hydroxyl groups excluding tert-OH is 1. The molecule has 218 valence electrons. The van der Waals surface area contributed by atoms with Gasteiger partial charge in [-0.25, -0.2) is 4.99 Å². The van der Waals surface area contributed by atoms with Gasteiger partial charge in [0.15, 0.2) is 12.2 Å². The summed E-state index contributed by atoms with van der Waals surface area (Å²) in [6.45, 7) is 0.242. The average Bonchev–Trinajstić information content (AvgIpc) is 2.98. The summed E-state index contributed by atoms with van der Waals surface area (Å²) in [5, 5.41) is 14.5. The Morgan fingerprint density at radius 2 is 1.61 bits per heavy atom. The van der Waals surface area contributed by atoms with Crippen LogP contribution in [0.2, 0.25) is 5.02 Å². The summed E-state index contributed by atoms with van der Waals surface area (Å²) in [5.41, 5.74) is 14.8. The van der Waals surface area contributed by atoms with E-state index in [0.29, 0.717) is 11.6 Å². The summed E-state index contributed by atoms with van der Waals surface area (Å²) >= 11 is 5.99. The second-order valence-corrected chi connectivity index (χ2v) is 10.0. The Balaban J connectivity index is 1.41. The molecular weight excluding hydrogens is 548 g/mol. The zero-order valence-electron chi connectivity index (χ0n) is 22.7. The number of rotatable bonds is 12. The molecule has 0 aliphatic carbocycles. The number of methoxy groups -OCH3 is 1. The normalized spacial score (nSPS) is 22.2. The fourth-order valence-electron chi connectivity index (χ4n) is 4.50. The van der Waals surface area contributed by atoms with Gasteiger partial charge in [0.2, 0.25) is 5.91 Å². The number of nitrogens with zero attached hydrogens (tertiary/aromatic N) is 1. The predicted molar refractivity (Wildman–Crippen MR) is 156 cm³/mol. The highest BCUT2D eigenvalue weighted by Crippen LogP contribution is 2.26. The van der Waals surface area contributed by atoms with Crippen LogP contribution in [0.4, 0.5) is 0 Å². The van der Waals surface area contributed by atoms with E-state index in [1.165, 1.54) is 7.11 Å². The number of amides is 1.